The van der Waals surface area contributed by atoms with Gasteiger partial charge in [-0.1, -0.05) is 22.9 Å². The molecule has 35 heavy (non-hydrogen) atoms. The molecule has 1 N–H and O–H groups in total. The number of nitrogens with one attached hydrogen (secondary N) is 1. The summed E-state index contributed by atoms with van der Waals surface area (Å²) in [5, 5.41) is 17.2. The third-order valence-corrected chi connectivity index (χ3v) is 6.64. The molecule has 3 heterocycles. The number of H-pyrrole nitrogens is 1. The number of amides is 1. The Morgan fingerprint density at radius 1 is 1.09 bits per heavy atom. The first-order valence-corrected chi connectivity index (χ1v) is 12.0. The first-order chi connectivity index (χ1) is 16.9. The lowest BCUT2D eigenvalue weighted by Gasteiger charge is -2.35. The van der Waals surface area contributed by atoms with Crippen molar-refractivity contribution in [3.05, 3.63) is 65.4 Å². The summed E-state index contributed by atoms with van der Waals surface area (Å²) >= 11 is 0. The lowest BCUT2D eigenvalue weighted by atomic mass is 10.0. The van der Waals surface area contributed by atoms with Crippen molar-refractivity contribution in [1.82, 2.24) is 35.0 Å². The summed E-state index contributed by atoms with van der Waals surface area (Å²) in [6.45, 7) is 5.75. The number of carbonyl (C=O) groups excluding carboxylic acids is 1. The Bertz CT molecular complexity index is 1370. The smallest absolute Gasteiger partial charge is 0.253 e. The molecule has 2 aromatic carbocycles. The van der Waals surface area contributed by atoms with Gasteiger partial charge in [0.1, 0.15) is 11.4 Å². The number of piperidine rings is 1. The number of aromatic nitrogens is 5. The van der Waals surface area contributed by atoms with Gasteiger partial charge >= 0.3 is 0 Å². The van der Waals surface area contributed by atoms with Gasteiger partial charge in [0.25, 0.3) is 5.91 Å². The molecule has 1 saturated heterocycles. The number of nitrogens with zero attached hydrogens (tertiary/aromatic N) is 6. The third kappa shape index (κ3) is 4.74. The molecule has 0 bridgehead atoms. The molecule has 180 valence electrons. The van der Waals surface area contributed by atoms with E-state index in [4.69, 9.17) is 0 Å². The van der Waals surface area contributed by atoms with Gasteiger partial charge in [-0.15, -0.1) is 5.10 Å². The molecule has 1 aliphatic heterocycles. The number of hydrogen-bond acceptors (Lipinski definition) is 5. The molecule has 0 saturated carbocycles. The summed E-state index contributed by atoms with van der Waals surface area (Å²) in [7, 11) is 4.21. The van der Waals surface area contributed by atoms with E-state index in [1.165, 1.54) is 5.57 Å². The Balaban J connectivity index is 1.33. The Labute approximate surface area is 205 Å². The standard InChI is InChI=1S/C27H31N7O/c1-18(2)15-19-5-10-24-23(16-19)26(30-28-24)25-17-34(31-29-25)22-8-6-20(7-9-22)27(35)33-13-11-21(12-14-33)32(3)4/h5-10,15-17,21H,11-14H2,1-4H3,(H,28,30). The van der Waals surface area contributed by atoms with Crippen molar-refractivity contribution in [2.45, 2.75) is 32.7 Å². The van der Waals surface area contributed by atoms with E-state index < -0.39 is 0 Å². The Morgan fingerprint density at radius 3 is 2.51 bits per heavy atom. The average molecular weight is 470 g/mol. The van der Waals surface area contributed by atoms with Crippen LogP contribution in [0, 0.1) is 0 Å². The number of hydrogen-bond donors (Lipinski definition) is 1. The van der Waals surface area contributed by atoms with E-state index in [9.17, 15) is 4.79 Å². The Hall–Kier alpha value is -3.78. The van der Waals surface area contributed by atoms with Crippen molar-refractivity contribution in [2.75, 3.05) is 27.2 Å². The van der Waals surface area contributed by atoms with Crippen molar-refractivity contribution < 1.29 is 4.79 Å². The van der Waals surface area contributed by atoms with Gasteiger partial charge in [0.2, 0.25) is 0 Å². The second kappa shape index (κ2) is 9.46. The molecule has 2 aromatic heterocycles. The van der Waals surface area contributed by atoms with E-state index in [1.807, 2.05) is 41.4 Å². The molecular formula is C27H31N7O. The van der Waals surface area contributed by atoms with Crippen molar-refractivity contribution in [3.8, 4) is 17.1 Å². The first kappa shape index (κ1) is 23.0. The predicted molar refractivity (Wildman–Crippen MR) is 138 cm³/mol. The number of allylic oxidation sites excluding steroid dienone is 1. The van der Waals surface area contributed by atoms with Crippen LogP contribution in [0.3, 0.4) is 0 Å². The zero-order valence-corrected chi connectivity index (χ0v) is 20.7. The Kier molecular flexibility index (Phi) is 6.21. The van der Waals surface area contributed by atoms with Gasteiger partial charge in [-0.25, -0.2) is 4.68 Å². The van der Waals surface area contributed by atoms with Crippen LogP contribution in [-0.4, -0.2) is 74.1 Å². The van der Waals surface area contributed by atoms with Crippen molar-refractivity contribution in [2.24, 2.45) is 0 Å². The molecule has 1 amide bonds. The van der Waals surface area contributed by atoms with Gasteiger partial charge in [0, 0.05) is 30.1 Å². The van der Waals surface area contributed by atoms with Gasteiger partial charge in [-0.2, -0.15) is 5.10 Å². The molecule has 8 nitrogen and oxygen atoms in total. The Morgan fingerprint density at radius 2 is 1.83 bits per heavy atom. The molecule has 0 unspecified atom stereocenters. The molecular weight excluding hydrogens is 438 g/mol. The summed E-state index contributed by atoms with van der Waals surface area (Å²) < 4.78 is 1.71. The van der Waals surface area contributed by atoms with E-state index in [2.05, 4.69) is 71.6 Å². The zero-order chi connectivity index (χ0) is 24.5. The summed E-state index contributed by atoms with van der Waals surface area (Å²) in [6.07, 6.45) is 6.03. The lowest BCUT2D eigenvalue weighted by Crippen LogP contribution is -2.44. The van der Waals surface area contributed by atoms with Crippen molar-refractivity contribution >= 4 is 22.9 Å². The summed E-state index contributed by atoms with van der Waals surface area (Å²) in [6, 6.07) is 14.3. The van der Waals surface area contributed by atoms with E-state index >= 15 is 0 Å². The summed E-state index contributed by atoms with van der Waals surface area (Å²) in [5.41, 5.74) is 6.31. The number of rotatable bonds is 5. The number of benzene rings is 2. The number of carbonyl (C=O) groups is 1. The van der Waals surface area contributed by atoms with Crippen molar-refractivity contribution in [1.29, 1.82) is 0 Å². The zero-order valence-electron chi connectivity index (χ0n) is 20.7. The normalized spacial score (nSPS) is 14.6. The molecule has 8 heteroatoms. The molecule has 1 aliphatic rings. The lowest BCUT2D eigenvalue weighted by molar-refractivity contribution is 0.0663. The highest BCUT2D eigenvalue weighted by Gasteiger charge is 2.24. The van der Waals surface area contributed by atoms with Crippen LogP contribution in [0.2, 0.25) is 0 Å². The monoisotopic (exact) mass is 469 g/mol. The van der Waals surface area contributed by atoms with E-state index in [1.54, 1.807) is 4.68 Å². The maximum Gasteiger partial charge on any atom is 0.253 e. The highest BCUT2D eigenvalue weighted by atomic mass is 16.2. The largest absolute Gasteiger partial charge is 0.339 e. The van der Waals surface area contributed by atoms with Crippen LogP contribution in [0.4, 0.5) is 0 Å². The van der Waals surface area contributed by atoms with Gasteiger partial charge in [0.15, 0.2) is 0 Å². The van der Waals surface area contributed by atoms with Crippen LogP contribution in [0.15, 0.2) is 54.2 Å². The minimum atomic E-state index is 0.0863. The SMILES string of the molecule is CC(C)=Cc1ccc2[nH]nc(-c3cn(-c4ccc(C(=O)N5CCC(N(C)C)CC5)cc4)nn3)c2c1. The van der Waals surface area contributed by atoms with Crippen LogP contribution < -0.4 is 0 Å². The summed E-state index contributed by atoms with van der Waals surface area (Å²) in [5.74, 6) is 0.0863. The third-order valence-electron chi connectivity index (χ3n) is 6.64. The molecule has 0 aliphatic carbocycles. The van der Waals surface area contributed by atoms with E-state index in [0.29, 0.717) is 17.3 Å². The minimum Gasteiger partial charge on any atom is -0.339 e. The molecule has 1 fully saturated rings. The topological polar surface area (TPSA) is 82.9 Å². The fraction of sp³-hybridized carbons (Fsp3) is 0.333. The number of fused-ring (bicyclic) bond motifs is 1. The number of likely N-dealkylation sites (tertiary alicyclic amines) is 1. The van der Waals surface area contributed by atoms with Gasteiger partial charge < -0.3 is 9.80 Å². The number of aromatic amines is 1. The first-order valence-electron chi connectivity index (χ1n) is 12.0. The van der Waals surface area contributed by atoms with Crippen LogP contribution >= 0.6 is 0 Å². The maximum atomic E-state index is 13.0. The van der Waals surface area contributed by atoms with Gasteiger partial charge in [-0.3, -0.25) is 9.89 Å². The molecule has 0 spiro atoms. The average Bonchev–Trinajstić information content (AvgIpc) is 3.50. The molecule has 0 radical (unpaired) electrons. The highest BCUT2D eigenvalue weighted by Crippen LogP contribution is 2.27. The second-order valence-corrected chi connectivity index (χ2v) is 9.68. The second-order valence-electron chi connectivity index (χ2n) is 9.68. The van der Waals surface area contributed by atoms with E-state index in [0.717, 1.165) is 53.8 Å². The van der Waals surface area contributed by atoms with Gasteiger partial charge in [-0.05, 0) is 82.7 Å². The van der Waals surface area contributed by atoms with E-state index in [-0.39, 0.29) is 5.91 Å². The predicted octanol–water partition coefficient (Wildman–Crippen LogP) is 4.40. The van der Waals surface area contributed by atoms with Crippen LogP contribution in [-0.2, 0) is 0 Å². The molecule has 5 rings (SSSR count). The summed E-state index contributed by atoms with van der Waals surface area (Å²) in [4.78, 5) is 17.2. The molecule has 0 atom stereocenters. The maximum absolute atomic E-state index is 13.0. The van der Waals surface area contributed by atoms with Crippen LogP contribution in [0.25, 0.3) is 34.1 Å². The van der Waals surface area contributed by atoms with Gasteiger partial charge in [0.05, 0.1) is 17.4 Å². The highest BCUT2D eigenvalue weighted by molar-refractivity contribution is 5.95. The molecule has 4 aromatic rings. The van der Waals surface area contributed by atoms with Crippen LogP contribution in [0.5, 0.6) is 0 Å². The quantitative estimate of drug-likeness (QED) is 0.468. The van der Waals surface area contributed by atoms with Crippen LogP contribution in [0.1, 0.15) is 42.6 Å². The fourth-order valence-corrected chi connectivity index (χ4v) is 4.67. The minimum absolute atomic E-state index is 0.0863. The van der Waals surface area contributed by atoms with Crippen molar-refractivity contribution in [3.63, 3.8) is 0 Å². The fourth-order valence-electron chi connectivity index (χ4n) is 4.67.